The molecule has 0 saturated heterocycles. The lowest BCUT2D eigenvalue weighted by Crippen LogP contribution is -2.47. The molecule has 1 N–H and O–H groups in total. The van der Waals surface area contributed by atoms with Gasteiger partial charge in [0.05, 0.1) is 5.69 Å². The van der Waals surface area contributed by atoms with E-state index in [1.54, 1.807) is 6.07 Å². The summed E-state index contributed by atoms with van der Waals surface area (Å²) in [5, 5.41) is 2.78. The van der Waals surface area contributed by atoms with Crippen LogP contribution >= 0.6 is 0 Å². The first kappa shape index (κ1) is 14.8. The second kappa shape index (κ2) is 5.38. The standard InChI is InChI=1S/C15H21FN2O2/c1-14(2,3)20-13(19)17-10-15(8-5-9-15)11-6-4-7-12(16)18-11/h4,6-7H,5,8-10H2,1-3H3,(H,17,19). The molecular formula is C15H21FN2O2. The second-order valence-electron chi connectivity index (χ2n) is 6.33. The molecule has 0 spiro atoms. The normalized spacial score (nSPS) is 17.2. The minimum Gasteiger partial charge on any atom is -0.444 e. The van der Waals surface area contributed by atoms with Crippen molar-refractivity contribution < 1.29 is 13.9 Å². The molecule has 1 saturated carbocycles. The third-order valence-electron chi connectivity index (χ3n) is 3.54. The number of halogens is 1. The Morgan fingerprint density at radius 3 is 2.65 bits per heavy atom. The zero-order valence-electron chi connectivity index (χ0n) is 12.2. The summed E-state index contributed by atoms with van der Waals surface area (Å²) in [6.45, 7) is 5.89. The molecule has 0 unspecified atom stereocenters. The molecule has 0 bridgehead atoms. The number of carbonyl (C=O) groups excluding carboxylic acids is 1. The molecule has 1 aromatic rings. The van der Waals surface area contributed by atoms with Crippen LogP contribution in [0, 0.1) is 5.95 Å². The monoisotopic (exact) mass is 280 g/mol. The van der Waals surface area contributed by atoms with E-state index < -0.39 is 17.6 Å². The van der Waals surface area contributed by atoms with E-state index in [0.717, 1.165) is 19.3 Å². The highest BCUT2D eigenvalue weighted by Gasteiger charge is 2.40. The molecule has 1 aliphatic rings. The van der Waals surface area contributed by atoms with Gasteiger partial charge in [0.15, 0.2) is 0 Å². The Bertz CT molecular complexity index is 493. The SMILES string of the molecule is CC(C)(C)OC(=O)NCC1(c2cccc(F)n2)CCC1. The van der Waals surface area contributed by atoms with Gasteiger partial charge in [0.2, 0.25) is 5.95 Å². The van der Waals surface area contributed by atoms with Gasteiger partial charge in [-0.15, -0.1) is 0 Å². The van der Waals surface area contributed by atoms with Crippen LogP contribution in [0.15, 0.2) is 18.2 Å². The van der Waals surface area contributed by atoms with Crippen molar-refractivity contribution in [3.8, 4) is 0 Å². The van der Waals surface area contributed by atoms with Crippen molar-refractivity contribution >= 4 is 6.09 Å². The second-order valence-corrected chi connectivity index (χ2v) is 6.33. The molecular weight excluding hydrogens is 259 g/mol. The highest BCUT2D eigenvalue weighted by atomic mass is 19.1. The van der Waals surface area contributed by atoms with E-state index in [9.17, 15) is 9.18 Å². The number of hydrogen-bond donors (Lipinski definition) is 1. The van der Waals surface area contributed by atoms with Gasteiger partial charge >= 0.3 is 6.09 Å². The van der Waals surface area contributed by atoms with Crippen LogP contribution in [0.4, 0.5) is 9.18 Å². The minimum atomic E-state index is -0.520. The van der Waals surface area contributed by atoms with Crippen LogP contribution in [0.25, 0.3) is 0 Å². The van der Waals surface area contributed by atoms with Crippen molar-refractivity contribution in [2.75, 3.05) is 6.54 Å². The fourth-order valence-electron chi connectivity index (χ4n) is 2.39. The highest BCUT2D eigenvalue weighted by molar-refractivity contribution is 5.67. The van der Waals surface area contributed by atoms with Gasteiger partial charge in [-0.3, -0.25) is 0 Å². The smallest absolute Gasteiger partial charge is 0.407 e. The Morgan fingerprint density at radius 2 is 2.15 bits per heavy atom. The van der Waals surface area contributed by atoms with Gasteiger partial charge in [0.1, 0.15) is 5.60 Å². The van der Waals surface area contributed by atoms with Gasteiger partial charge in [-0.05, 0) is 45.7 Å². The lowest BCUT2D eigenvalue weighted by atomic mass is 9.66. The van der Waals surface area contributed by atoms with Crippen molar-refractivity contribution in [2.45, 2.75) is 51.0 Å². The molecule has 1 aromatic heterocycles. The first-order chi connectivity index (χ1) is 9.31. The third-order valence-corrected chi connectivity index (χ3v) is 3.54. The summed E-state index contributed by atoms with van der Waals surface area (Å²) in [6, 6.07) is 4.81. The maximum atomic E-state index is 13.3. The number of nitrogens with zero attached hydrogens (tertiary/aromatic N) is 1. The predicted octanol–water partition coefficient (Wildman–Crippen LogP) is 3.17. The zero-order chi connectivity index (χ0) is 14.8. The topological polar surface area (TPSA) is 51.2 Å². The Labute approximate surface area is 118 Å². The molecule has 0 atom stereocenters. The van der Waals surface area contributed by atoms with Gasteiger partial charge in [-0.2, -0.15) is 4.39 Å². The van der Waals surface area contributed by atoms with E-state index >= 15 is 0 Å². The number of alkyl carbamates (subject to hydrolysis) is 1. The number of pyridine rings is 1. The van der Waals surface area contributed by atoms with Crippen LogP contribution < -0.4 is 5.32 Å². The van der Waals surface area contributed by atoms with Gasteiger partial charge in [0.25, 0.3) is 0 Å². The van der Waals surface area contributed by atoms with Crippen LogP contribution in [-0.2, 0) is 10.2 Å². The molecule has 5 heteroatoms. The largest absolute Gasteiger partial charge is 0.444 e. The van der Waals surface area contributed by atoms with E-state index in [1.807, 2.05) is 26.8 Å². The third kappa shape index (κ3) is 3.46. The summed E-state index contributed by atoms with van der Waals surface area (Å²) in [6.07, 6.45) is 2.42. The summed E-state index contributed by atoms with van der Waals surface area (Å²) >= 11 is 0. The number of aromatic nitrogens is 1. The average Bonchev–Trinajstić information content (AvgIpc) is 2.25. The quantitative estimate of drug-likeness (QED) is 0.865. The van der Waals surface area contributed by atoms with Crippen LogP contribution in [0.3, 0.4) is 0 Å². The molecule has 2 rings (SSSR count). The van der Waals surface area contributed by atoms with Crippen molar-refractivity contribution in [3.05, 3.63) is 29.8 Å². The average molecular weight is 280 g/mol. The Morgan fingerprint density at radius 1 is 1.45 bits per heavy atom. The lowest BCUT2D eigenvalue weighted by molar-refractivity contribution is 0.0497. The van der Waals surface area contributed by atoms with E-state index in [0.29, 0.717) is 12.2 Å². The molecule has 1 amide bonds. The van der Waals surface area contributed by atoms with Gasteiger partial charge < -0.3 is 10.1 Å². The predicted molar refractivity (Wildman–Crippen MR) is 74.0 cm³/mol. The molecule has 0 radical (unpaired) electrons. The number of hydrogen-bond acceptors (Lipinski definition) is 3. The number of ether oxygens (including phenoxy) is 1. The maximum absolute atomic E-state index is 13.3. The van der Waals surface area contributed by atoms with E-state index in [1.165, 1.54) is 6.07 Å². The van der Waals surface area contributed by atoms with Crippen molar-refractivity contribution in [3.63, 3.8) is 0 Å². The highest BCUT2D eigenvalue weighted by Crippen LogP contribution is 2.42. The summed E-state index contributed by atoms with van der Waals surface area (Å²) in [5.74, 6) is -0.481. The van der Waals surface area contributed by atoms with Gasteiger partial charge in [-0.25, -0.2) is 9.78 Å². The summed E-state index contributed by atoms with van der Waals surface area (Å²) < 4.78 is 18.5. The summed E-state index contributed by atoms with van der Waals surface area (Å²) in [7, 11) is 0. The van der Waals surface area contributed by atoms with Gasteiger partial charge in [0, 0.05) is 12.0 Å². The van der Waals surface area contributed by atoms with E-state index in [-0.39, 0.29) is 5.41 Å². The molecule has 1 aliphatic carbocycles. The Balaban J connectivity index is 2.01. The minimum absolute atomic E-state index is 0.251. The van der Waals surface area contributed by atoms with E-state index in [4.69, 9.17) is 4.74 Å². The van der Waals surface area contributed by atoms with E-state index in [2.05, 4.69) is 10.3 Å². The van der Waals surface area contributed by atoms with Crippen molar-refractivity contribution in [1.29, 1.82) is 0 Å². The maximum Gasteiger partial charge on any atom is 0.407 e. The lowest BCUT2D eigenvalue weighted by Gasteiger charge is -2.41. The number of amides is 1. The Hall–Kier alpha value is -1.65. The van der Waals surface area contributed by atoms with Crippen molar-refractivity contribution in [1.82, 2.24) is 10.3 Å². The fourth-order valence-corrected chi connectivity index (χ4v) is 2.39. The first-order valence-corrected chi connectivity index (χ1v) is 6.91. The summed E-state index contributed by atoms with van der Waals surface area (Å²) in [4.78, 5) is 15.7. The molecule has 110 valence electrons. The molecule has 1 heterocycles. The molecule has 1 fully saturated rings. The zero-order valence-corrected chi connectivity index (χ0v) is 12.2. The Kier molecular flexibility index (Phi) is 3.97. The molecule has 4 nitrogen and oxygen atoms in total. The molecule has 0 aromatic carbocycles. The number of carbonyl (C=O) groups is 1. The van der Waals surface area contributed by atoms with Crippen LogP contribution in [0.2, 0.25) is 0 Å². The van der Waals surface area contributed by atoms with Crippen LogP contribution in [-0.4, -0.2) is 23.2 Å². The number of rotatable bonds is 3. The molecule has 0 aliphatic heterocycles. The van der Waals surface area contributed by atoms with Crippen LogP contribution in [0.1, 0.15) is 45.7 Å². The molecule has 20 heavy (non-hydrogen) atoms. The fraction of sp³-hybridized carbons (Fsp3) is 0.600. The van der Waals surface area contributed by atoms with Crippen LogP contribution in [0.5, 0.6) is 0 Å². The van der Waals surface area contributed by atoms with Gasteiger partial charge in [-0.1, -0.05) is 12.5 Å². The van der Waals surface area contributed by atoms with Crippen molar-refractivity contribution in [2.24, 2.45) is 0 Å². The summed E-state index contributed by atoms with van der Waals surface area (Å²) in [5.41, 5.74) is -0.0627. The number of nitrogens with one attached hydrogen (secondary N) is 1. The first-order valence-electron chi connectivity index (χ1n) is 6.91.